The lowest BCUT2D eigenvalue weighted by molar-refractivity contribution is -0.131. The molecule has 114 valence electrons. The second kappa shape index (κ2) is 6.91. The normalized spacial score (nSPS) is 10.8. The van der Waals surface area contributed by atoms with Crippen molar-refractivity contribution in [2.24, 2.45) is 0 Å². The maximum atomic E-state index is 10.7. The first kappa shape index (κ1) is 15.8. The maximum absolute atomic E-state index is 10.7. The molecule has 1 aromatic carbocycles. The van der Waals surface area contributed by atoms with Crippen molar-refractivity contribution in [1.82, 2.24) is 9.97 Å². The van der Waals surface area contributed by atoms with Crippen LogP contribution in [0.4, 0.5) is 5.95 Å². The Kier molecular flexibility index (Phi) is 4.95. The Morgan fingerprint density at radius 1 is 1.41 bits per heavy atom. The summed E-state index contributed by atoms with van der Waals surface area (Å²) >= 11 is 6.14. The van der Waals surface area contributed by atoms with Crippen LogP contribution in [0.1, 0.15) is 16.8 Å². The molecule has 3 N–H and O–H groups in total. The first-order chi connectivity index (χ1) is 10.5. The number of hydrogen-bond acceptors (Lipinski definition) is 5. The first-order valence-corrected chi connectivity index (χ1v) is 6.74. The fourth-order valence-corrected chi connectivity index (χ4v) is 2.23. The number of ether oxygens (including phenoxy) is 1. The first-order valence-electron chi connectivity index (χ1n) is 6.36. The van der Waals surface area contributed by atoms with Crippen molar-refractivity contribution in [3.8, 4) is 5.75 Å². The zero-order chi connectivity index (χ0) is 16.1. The van der Waals surface area contributed by atoms with E-state index >= 15 is 0 Å². The van der Waals surface area contributed by atoms with Crippen molar-refractivity contribution in [2.45, 2.75) is 6.42 Å². The molecule has 0 fully saturated rings. The van der Waals surface area contributed by atoms with E-state index in [1.165, 1.54) is 6.08 Å². The van der Waals surface area contributed by atoms with Crippen LogP contribution < -0.4 is 10.5 Å². The molecule has 22 heavy (non-hydrogen) atoms. The number of carboxylic acid groups (broad SMARTS) is 1. The van der Waals surface area contributed by atoms with E-state index in [0.29, 0.717) is 23.4 Å². The fraction of sp³-hybridized carbons (Fsp3) is 0.133. The summed E-state index contributed by atoms with van der Waals surface area (Å²) in [7, 11) is 1.57. The van der Waals surface area contributed by atoms with Crippen LogP contribution in [0.5, 0.6) is 5.75 Å². The number of methoxy groups -OCH3 is 1. The smallest absolute Gasteiger partial charge is 0.328 e. The summed E-state index contributed by atoms with van der Waals surface area (Å²) in [6.07, 6.45) is 2.71. The summed E-state index contributed by atoms with van der Waals surface area (Å²) in [5.41, 5.74) is 7.40. The number of nitrogen functional groups attached to an aromatic ring is 1. The van der Waals surface area contributed by atoms with E-state index in [-0.39, 0.29) is 11.1 Å². The number of halogens is 1. The largest absolute Gasteiger partial charge is 0.496 e. The van der Waals surface area contributed by atoms with Gasteiger partial charge in [-0.3, -0.25) is 0 Å². The zero-order valence-corrected chi connectivity index (χ0v) is 12.5. The Morgan fingerprint density at radius 2 is 2.14 bits per heavy atom. The summed E-state index contributed by atoms with van der Waals surface area (Å²) in [6.45, 7) is 0. The summed E-state index contributed by atoms with van der Waals surface area (Å²) in [6, 6.07) is 7.44. The molecule has 1 aromatic heterocycles. The molecule has 0 aliphatic rings. The highest BCUT2D eigenvalue weighted by Crippen LogP contribution is 2.26. The molecule has 1 heterocycles. The van der Waals surface area contributed by atoms with Gasteiger partial charge in [0.25, 0.3) is 0 Å². The highest BCUT2D eigenvalue weighted by molar-refractivity contribution is 6.30. The van der Waals surface area contributed by atoms with Gasteiger partial charge in [-0.1, -0.05) is 29.8 Å². The second-order valence-electron chi connectivity index (χ2n) is 4.40. The SMILES string of the molecule is COc1ccccc1Cc1c(Cl)nc(N)nc1/C=C/C(=O)O. The molecule has 2 rings (SSSR count). The molecule has 0 unspecified atom stereocenters. The third-order valence-electron chi connectivity index (χ3n) is 2.95. The Hall–Kier alpha value is -2.60. The third kappa shape index (κ3) is 3.73. The Morgan fingerprint density at radius 3 is 2.82 bits per heavy atom. The molecule has 0 aliphatic heterocycles. The Labute approximate surface area is 132 Å². The van der Waals surface area contributed by atoms with Gasteiger partial charge in [0.1, 0.15) is 10.9 Å². The van der Waals surface area contributed by atoms with Gasteiger partial charge < -0.3 is 15.6 Å². The van der Waals surface area contributed by atoms with Crippen molar-refractivity contribution in [2.75, 3.05) is 12.8 Å². The number of rotatable bonds is 5. The van der Waals surface area contributed by atoms with Crippen LogP contribution in [0, 0.1) is 0 Å². The van der Waals surface area contributed by atoms with Crippen molar-refractivity contribution in [3.63, 3.8) is 0 Å². The molecule has 0 spiro atoms. The van der Waals surface area contributed by atoms with E-state index in [9.17, 15) is 4.79 Å². The molecule has 0 radical (unpaired) electrons. The van der Waals surface area contributed by atoms with E-state index in [1.54, 1.807) is 7.11 Å². The fourth-order valence-electron chi connectivity index (χ4n) is 1.98. The van der Waals surface area contributed by atoms with Crippen molar-refractivity contribution >= 4 is 29.6 Å². The molecule has 7 heteroatoms. The van der Waals surface area contributed by atoms with Crippen LogP contribution in [-0.2, 0) is 11.2 Å². The molecular weight excluding hydrogens is 306 g/mol. The molecular formula is C15H14ClN3O3. The van der Waals surface area contributed by atoms with Crippen LogP contribution >= 0.6 is 11.6 Å². The van der Waals surface area contributed by atoms with Crippen molar-refractivity contribution in [3.05, 3.63) is 52.3 Å². The number of hydrogen-bond donors (Lipinski definition) is 2. The number of benzene rings is 1. The average molecular weight is 320 g/mol. The number of aromatic nitrogens is 2. The summed E-state index contributed by atoms with van der Waals surface area (Å²) in [5, 5.41) is 8.95. The quantitative estimate of drug-likeness (QED) is 0.648. The molecule has 0 aliphatic carbocycles. The van der Waals surface area contributed by atoms with Gasteiger partial charge in [-0.05, 0) is 17.7 Å². The van der Waals surface area contributed by atoms with E-state index in [1.807, 2.05) is 24.3 Å². The Bertz CT molecular complexity index is 732. The molecule has 0 amide bonds. The van der Waals surface area contributed by atoms with Crippen LogP contribution in [0.25, 0.3) is 6.08 Å². The highest BCUT2D eigenvalue weighted by atomic mass is 35.5. The van der Waals surface area contributed by atoms with Crippen LogP contribution in [-0.4, -0.2) is 28.2 Å². The Balaban J connectivity index is 2.47. The standard InChI is InChI=1S/C15H14ClN3O3/c1-22-12-5-3-2-4-9(12)8-10-11(6-7-13(20)21)18-15(17)19-14(10)16/h2-7H,8H2,1H3,(H,20,21)(H2,17,18,19)/b7-6+. The number of nitrogens with two attached hydrogens (primary N) is 1. The third-order valence-corrected chi connectivity index (χ3v) is 3.26. The van der Waals surface area contributed by atoms with Gasteiger partial charge >= 0.3 is 5.97 Å². The number of carboxylic acids is 1. The topological polar surface area (TPSA) is 98.3 Å². The second-order valence-corrected chi connectivity index (χ2v) is 4.75. The van der Waals surface area contributed by atoms with Gasteiger partial charge in [0.05, 0.1) is 12.8 Å². The lowest BCUT2D eigenvalue weighted by Gasteiger charge is -2.11. The van der Waals surface area contributed by atoms with Crippen LogP contribution in [0.15, 0.2) is 30.3 Å². The maximum Gasteiger partial charge on any atom is 0.328 e. The predicted molar refractivity (Wildman–Crippen MR) is 83.9 cm³/mol. The minimum absolute atomic E-state index is 0.0150. The van der Waals surface area contributed by atoms with E-state index in [0.717, 1.165) is 11.6 Å². The van der Waals surface area contributed by atoms with Gasteiger partial charge in [0.2, 0.25) is 5.95 Å². The van der Waals surface area contributed by atoms with Crippen LogP contribution in [0.2, 0.25) is 5.15 Å². The molecule has 6 nitrogen and oxygen atoms in total. The molecule has 2 aromatic rings. The predicted octanol–water partition coefficient (Wildman–Crippen LogP) is 2.41. The van der Waals surface area contributed by atoms with E-state index in [4.69, 9.17) is 27.2 Å². The minimum Gasteiger partial charge on any atom is -0.496 e. The van der Waals surface area contributed by atoms with Crippen LogP contribution in [0.3, 0.4) is 0 Å². The van der Waals surface area contributed by atoms with Gasteiger partial charge in [0, 0.05) is 18.1 Å². The molecule has 0 saturated carbocycles. The van der Waals surface area contributed by atoms with E-state index < -0.39 is 5.97 Å². The molecule has 0 atom stereocenters. The number of carbonyl (C=O) groups is 1. The molecule has 0 saturated heterocycles. The number of anilines is 1. The van der Waals surface area contributed by atoms with E-state index in [2.05, 4.69) is 9.97 Å². The van der Waals surface area contributed by atoms with Gasteiger partial charge in [-0.25, -0.2) is 14.8 Å². The lowest BCUT2D eigenvalue weighted by atomic mass is 10.0. The number of para-hydroxylation sites is 1. The number of aliphatic carboxylic acids is 1. The summed E-state index contributed by atoms with van der Waals surface area (Å²) in [5.74, 6) is -0.404. The van der Waals surface area contributed by atoms with Crippen molar-refractivity contribution < 1.29 is 14.6 Å². The lowest BCUT2D eigenvalue weighted by Crippen LogP contribution is -2.04. The van der Waals surface area contributed by atoms with Crippen molar-refractivity contribution in [1.29, 1.82) is 0 Å². The zero-order valence-electron chi connectivity index (χ0n) is 11.8. The van der Waals surface area contributed by atoms with Gasteiger partial charge in [0.15, 0.2) is 0 Å². The number of nitrogens with zero attached hydrogens (tertiary/aromatic N) is 2. The monoisotopic (exact) mass is 319 g/mol. The molecule has 0 bridgehead atoms. The van der Waals surface area contributed by atoms with Gasteiger partial charge in [-0.15, -0.1) is 0 Å². The summed E-state index contributed by atoms with van der Waals surface area (Å²) < 4.78 is 5.30. The minimum atomic E-state index is -1.09. The highest BCUT2D eigenvalue weighted by Gasteiger charge is 2.13. The average Bonchev–Trinajstić information content (AvgIpc) is 2.48. The van der Waals surface area contributed by atoms with Gasteiger partial charge in [-0.2, -0.15) is 0 Å². The summed E-state index contributed by atoms with van der Waals surface area (Å²) in [4.78, 5) is 18.7.